The van der Waals surface area contributed by atoms with Gasteiger partial charge in [0.2, 0.25) is 0 Å². The molecule has 0 saturated heterocycles. The van der Waals surface area contributed by atoms with Crippen LogP contribution in [0.2, 0.25) is 5.02 Å². The van der Waals surface area contributed by atoms with Gasteiger partial charge in [-0.15, -0.1) is 0 Å². The highest BCUT2D eigenvalue weighted by atomic mass is 35.5. The van der Waals surface area contributed by atoms with Gasteiger partial charge in [-0.1, -0.05) is 31.4 Å². The van der Waals surface area contributed by atoms with E-state index in [0.29, 0.717) is 11.6 Å². The summed E-state index contributed by atoms with van der Waals surface area (Å²) in [4.78, 5) is 24.6. The molecular formula is C14H19ClN2O3. The molecule has 0 aliphatic carbocycles. The number of carbonyl (C=O) groups is 2. The second kappa shape index (κ2) is 7.75. The number of nitrogens with zero attached hydrogens (tertiary/aromatic N) is 1. The lowest BCUT2D eigenvalue weighted by molar-refractivity contribution is 0.0698. The van der Waals surface area contributed by atoms with Crippen molar-refractivity contribution in [2.45, 2.75) is 26.2 Å². The van der Waals surface area contributed by atoms with Crippen LogP contribution in [0, 0.1) is 0 Å². The van der Waals surface area contributed by atoms with Crippen LogP contribution in [0.1, 0.15) is 36.5 Å². The molecule has 0 aliphatic heterocycles. The van der Waals surface area contributed by atoms with E-state index < -0.39 is 5.97 Å². The highest BCUT2D eigenvalue weighted by Gasteiger charge is 2.15. The van der Waals surface area contributed by atoms with Gasteiger partial charge in [-0.05, 0) is 24.6 Å². The Morgan fingerprint density at radius 2 is 2.05 bits per heavy atom. The predicted molar refractivity (Wildman–Crippen MR) is 79.6 cm³/mol. The van der Waals surface area contributed by atoms with Crippen LogP contribution in [0.4, 0.5) is 10.5 Å². The number of aromatic carboxylic acids is 1. The zero-order chi connectivity index (χ0) is 15.1. The fourth-order valence-electron chi connectivity index (χ4n) is 1.71. The van der Waals surface area contributed by atoms with Crippen molar-refractivity contribution >= 4 is 29.3 Å². The number of benzene rings is 1. The van der Waals surface area contributed by atoms with Crippen LogP contribution < -0.4 is 5.32 Å². The van der Waals surface area contributed by atoms with Crippen LogP contribution in [-0.4, -0.2) is 35.6 Å². The maximum absolute atomic E-state index is 12.0. The summed E-state index contributed by atoms with van der Waals surface area (Å²) in [5.74, 6) is -1.13. The minimum absolute atomic E-state index is 0.0205. The summed E-state index contributed by atoms with van der Waals surface area (Å²) in [7, 11) is 1.68. The number of unbranched alkanes of at least 4 members (excludes halogenated alkanes) is 2. The van der Waals surface area contributed by atoms with E-state index >= 15 is 0 Å². The Kier molecular flexibility index (Phi) is 6.31. The second-order valence-electron chi connectivity index (χ2n) is 4.55. The number of hydrogen-bond donors (Lipinski definition) is 2. The molecule has 0 saturated carbocycles. The Morgan fingerprint density at radius 3 is 2.65 bits per heavy atom. The molecule has 0 aliphatic rings. The van der Waals surface area contributed by atoms with Crippen LogP contribution in [0.3, 0.4) is 0 Å². The Bertz CT molecular complexity index is 491. The largest absolute Gasteiger partial charge is 0.478 e. The highest BCUT2D eigenvalue weighted by Crippen LogP contribution is 2.21. The van der Waals surface area contributed by atoms with Gasteiger partial charge in [0.1, 0.15) is 0 Å². The van der Waals surface area contributed by atoms with E-state index in [-0.39, 0.29) is 17.3 Å². The molecule has 1 aromatic rings. The molecule has 1 rings (SSSR count). The molecule has 0 bridgehead atoms. The lowest BCUT2D eigenvalue weighted by Crippen LogP contribution is -2.32. The monoisotopic (exact) mass is 298 g/mol. The van der Waals surface area contributed by atoms with E-state index in [1.165, 1.54) is 17.0 Å². The molecule has 0 atom stereocenters. The molecule has 2 N–H and O–H groups in total. The normalized spacial score (nSPS) is 10.2. The van der Waals surface area contributed by atoms with Crippen LogP contribution in [0.25, 0.3) is 0 Å². The summed E-state index contributed by atoms with van der Waals surface area (Å²) in [5, 5.41) is 12.0. The topological polar surface area (TPSA) is 69.6 Å². The summed E-state index contributed by atoms with van der Waals surface area (Å²) in [5.41, 5.74) is 0.224. The van der Waals surface area contributed by atoms with Crippen molar-refractivity contribution in [2.24, 2.45) is 0 Å². The van der Waals surface area contributed by atoms with Crippen molar-refractivity contribution in [1.82, 2.24) is 4.90 Å². The fraction of sp³-hybridized carbons (Fsp3) is 0.429. The van der Waals surface area contributed by atoms with Gasteiger partial charge in [0.15, 0.2) is 0 Å². The third kappa shape index (κ3) is 4.74. The maximum Gasteiger partial charge on any atom is 0.337 e. The molecule has 0 heterocycles. The minimum Gasteiger partial charge on any atom is -0.478 e. The molecular weight excluding hydrogens is 280 g/mol. The van der Waals surface area contributed by atoms with Crippen molar-refractivity contribution in [3.05, 3.63) is 28.8 Å². The number of urea groups is 1. The first kappa shape index (κ1) is 16.3. The Morgan fingerprint density at radius 1 is 1.35 bits per heavy atom. The van der Waals surface area contributed by atoms with Gasteiger partial charge >= 0.3 is 12.0 Å². The average molecular weight is 299 g/mol. The molecule has 2 amide bonds. The second-order valence-corrected chi connectivity index (χ2v) is 4.99. The first-order valence-corrected chi connectivity index (χ1v) is 6.88. The summed E-state index contributed by atoms with van der Waals surface area (Å²) in [6.45, 7) is 2.72. The molecule has 0 spiro atoms. The molecule has 0 fully saturated rings. The third-order valence-electron chi connectivity index (χ3n) is 2.90. The Labute approximate surface area is 123 Å². The van der Waals surface area contributed by atoms with E-state index in [4.69, 9.17) is 16.7 Å². The summed E-state index contributed by atoms with van der Waals surface area (Å²) >= 11 is 5.76. The molecule has 0 aromatic heterocycles. The predicted octanol–water partition coefficient (Wildman–Crippen LogP) is 3.69. The molecule has 20 heavy (non-hydrogen) atoms. The third-order valence-corrected chi connectivity index (χ3v) is 3.13. The number of carboxylic acid groups (broad SMARTS) is 1. The molecule has 110 valence electrons. The zero-order valence-electron chi connectivity index (χ0n) is 11.6. The number of anilines is 1. The van der Waals surface area contributed by atoms with Gasteiger partial charge in [0.25, 0.3) is 0 Å². The molecule has 0 radical (unpaired) electrons. The van der Waals surface area contributed by atoms with Gasteiger partial charge in [0.05, 0.1) is 11.3 Å². The van der Waals surface area contributed by atoms with Gasteiger partial charge < -0.3 is 15.3 Å². The SMILES string of the molecule is CCCCCN(C)C(=O)Nc1ccc(Cl)cc1C(=O)O. The molecule has 6 heteroatoms. The van der Waals surface area contributed by atoms with Crippen LogP contribution >= 0.6 is 11.6 Å². The summed E-state index contributed by atoms with van der Waals surface area (Å²) in [6, 6.07) is 4.02. The minimum atomic E-state index is -1.13. The van der Waals surface area contributed by atoms with Gasteiger partial charge in [-0.3, -0.25) is 0 Å². The van der Waals surface area contributed by atoms with Crippen LogP contribution in [0.15, 0.2) is 18.2 Å². The number of carboxylic acids is 1. The number of halogens is 1. The lowest BCUT2D eigenvalue weighted by atomic mass is 10.2. The Hall–Kier alpha value is -1.75. The van der Waals surface area contributed by atoms with Crippen LogP contribution in [-0.2, 0) is 0 Å². The van der Waals surface area contributed by atoms with Crippen molar-refractivity contribution in [3.63, 3.8) is 0 Å². The van der Waals surface area contributed by atoms with E-state index in [9.17, 15) is 9.59 Å². The number of hydrogen-bond acceptors (Lipinski definition) is 2. The summed E-state index contributed by atoms with van der Waals surface area (Å²) < 4.78 is 0. The zero-order valence-corrected chi connectivity index (χ0v) is 12.4. The van der Waals surface area contributed by atoms with Gasteiger partial charge in [-0.2, -0.15) is 0 Å². The van der Waals surface area contributed by atoms with Gasteiger partial charge in [-0.25, -0.2) is 9.59 Å². The molecule has 5 nitrogen and oxygen atoms in total. The highest BCUT2D eigenvalue weighted by molar-refractivity contribution is 6.31. The summed E-state index contributed by atoms with van der Waals surface area (Å²) in [6.07, 6.45) is 3.06. The van der Waals surface area contributed by atoms with Gasteiger partial charge in [0, 0.05) is 18.6 Å². The quantitative estimate of drug-likeness (QED) is 0.787. The van der Waals surface area contributed by atoms with Crippen molar-refractivity contribution in [2.75, 3.05) is 18.9 Å². The standard InChI is InChI=1S/C14H19ClN2O3/c1-3-4-5-8-17(2)14(20)16-12-7-6-10(15)9-11(12)13(18)19/h6-7,9H,3-5,8H2,1-2H3,(H,16,20)(H,18,19). The van der Waals surface area contributed by atoms with E-state index in [1.807, 2.05) is 0 Å². The number of amides is 2. The molecule has 0 unspecified atom stereocenters. The van der Waals surface area contributed by atoms with Crippen LogP contribution in [0.5, 0.6) is 0 Å². The van der Waals surface area contributed by atoms with E-state index in [0.717, 1.165) is 19.3 Å². The molecule has 1 aromatic carbocycles. The first-order valence-electron chi connectivity index (χ1n) is 6.50. The van der Waals surface area contributed by atoms with Crippen molar-refractivity contribution in [1.29, 1.82) is 0 Å². The number of rotatable bonds is 6. The Balaban J connectivity index is 2.72. The average Bonchev–Trinajstić information content (AvgIpc) is 2.40. The fourth-order valence-corrected chi connectivity index (χ4v) is 1.89. The smallest absolute Gasteiger partial charge is 0.337 e. The van der Waals surface area contributed by atoms with Crippen molar-refractivity contribution in [3.8, 4) is 0 Å². The lowest BCUT2D eigenvalue weighted by Gasteiger charge is -2.18. The number of nitrogens with one attached hydrogen (secondary N) is 1. The van der Waals surface area contributed by atoms with E-state index in [2.05, 4.69) is 12.2 Å². The number of carbonyl (C=O) groups excluding carboxylic acids is 1. The van der Waals surface area contributed by atoms with Crippen molar-refractivity contribution < 1.29 is 14.7 Å². The first-order chi connectivity index (χ1) is 9.45. The maximum atomic E-state index is 12.0. The van der Waals surface area contributed by atoms with E-state index in [1.54, 1.807) is 13.1 Å².